The predicted octanol–water partition coefficient (Wildman–Crippen LogP) is 5.01. The standard InChI is InChI=1S/C24H30O4S2/c1-17-7-11-19(12-8-17)29(25)23(21(3,4)27-23)15-16-24(22(5,6)28-24)30(26)20-13-9-18(2)10-14-20/h7-14H,15-16H2,1-6H3/t23-,24-,29?,30?/m0/s1. The third-order valence-corrected chi connectivity index (χ3v) is 10.6. The molecule has 0 N–H and O–H groups in total. The Kier molecular flexibility index (Phi) is 5.17. The fourth-order valence-corrected chi connectivity index (χ4v) is 7.78. The van der Waals surface area contributed by atoms with Crippen molar-refractivity contribution in [2.75, 3.05) is 0 Å². The molecule has 0 aliphatic carbocycles. The van der Waals surface area contributed by atoms with Crippen LogP contribution in [0.3, 0.4) is 0 Å². The zero-order chi connectivity index (χ0) is 21.9. The van der Waals surface area contributed by atoms with Gasteiger partial charge >= 0.3 is 0 Å². The Bertz CT molecular complexity index is 927. The maximum absolute atomic E-state index is 13.5. The van der Waals surface area contributed by atoms with Gasteiger partial charge in [-0.25, -0.2) is 0 Å². The molecule has 2 aliphatic heterocycles. The highest BCUT2D eigenvalue weighted by molar-refractivity contribution is 7.87. The molecule has 2 heterocycles. The summed E-state index contributed by atoms with van der Waals surface area (Å²) in [6.07, 6.45) is 1.03. The number of ether oxygens (including phenoxy) is 2. The Morgan fingerprint density at radius 3 is 1.13 bits per heavy atom. The smallest absolute Gasteiger partial charge is 0.176 e. The Balaban J connectivity index is 1.59. The molecular weight excluding hydrogens is 416 g/mol. The minimum atomic E-state index is -1.33. The molecule has 0 radical (unpaired) electrons. The molecule has 0 spiro atoms. The van der Waals surface area contributed by atoms with Gasteiger partial charge in [-0.2, -0.15) is 0 Å². The Morgan fingerprint density at radius 1 is 0.633 bits per heavy atom. The van der Waals surface area contributed by atoms with Gasteiger partial charge < -0.3 is 9.47 Å². The molecule has 2 saturated heterocycles. The summed E-state index contributed by atoms with van der Waals surface area (Å²) in [5.74, 6) is 0. The van der Waals surface area contributed by atoms with Gasteiger partial charge in [-0.15, -0.1) is 0 Å². The molecule has 4 rings (SSSR count). The van der Waals surface area contributed by atoms with Crippen molar-refractivity contribution in [3.63, 3.8) is 0 Å². The number of hydrogen-bond donors (Lipinski definition) is 0. The van der Waals surface area contributed by atoms with Crippen LogP contribution in [0.1, 0.15) is 51.7 Å². The second-order valence-electron chi connectivity index (χ2n) is 9.39. The summed E-state index contributed by atoms with van der Waals surface area (Å²) >= 11 is 0. The molecule has 0 aromatic heterocycles. The van der Waals surface area contributed by atoms with Crippen LogP contribution in [-0.2, 0) is 31.1 Å². The fourth-order valence-electron chi connectivity index (χ4n) is 4.22. The van der Waals surface area contributed by atoms with Gasteiger partial charge in [-0.3, -0.25) is 8.42 Å². The van der Waals surface area contributed by atoms with E-state index in [0.717, 1.165) is 20.9 Å². The predicted molar refractivity (Wildman–Crippen MR) is 120 cm³/mol. The van der Waals surface area contributed by atoms with E-state index in [1.165, 1.54) is 0 Å². The van der Waals surface area contributed by atoms with Crippen LogP contribution in [0.2, 0.25) is 0 Å². The molecular formula is C24H30O4S2. The van der Waals surface area contributed by atoms with Crippen LogP contribution in [0.4, 0.5) is 0 Å². The van der Waals surface area contributed by atoms with Crippen molar-refractivity contribution < 1.29 is 17.9 Å². The summed E-state index contributed by atoms with van der Waals surface area (Å²) in [6.45, 7) is 11.9. The zero-order valence-corrected chi connectivity index (χ0v) is 20.1. The van der Waals surface area contributed by atoms with E-state index >= 15 is 0 Å². The highest BCUT2D eigenvalue weighted by Gasteiger charge is 2.73. The van der Waals surface area contributed by atoms with Crippen molar-refractivity contribution in [1.82, 2.24) is 0 Å². The van der Waals surface area contributed by atoms with Crippen LogP contribution in [-0.4, -0.2) is 29.5 Å². The third-order valence-electron chi connectivity index (χ3n) is 6.44. The highest BCUT2D eigenvalue weighted by Crippen LogP contribution is 2.60. The van der Waals surface area contributed by atoms with Gasteiger partial charge in [-0.05, 0) is 78.6 Å². The number of aryl methyl sites for hydroxylation is 2. The van der Waals surface area contributed by atoms with Gasteiger partial charge in [0.25, 0.3) is 0 Å². The molecule has 0 bridgehead atoms. The van der Waals surface area contributed by atoms with Crippen LogP contribution >= 0.6 is 0 Å². The lowest BCUT2D eigenvalue weighted by molar-refractivity contribution is 0.283. The number of rotatable bonds is 7. The van der Waals surface area contributed by atoms with E-state index in [4.69, 9.17) is 9.47 Å². The van der Waals surface area contributed by atoms with Gasteiger partial charge in [0.05, 0.1) is 21.6 Å². The number of epoxide rings is 2. The van der Waals surface area contributed by atoms with E-state index in [-0.39, 0.29) is 0 Å². The minimum Gasteiger partial charge on any atom is -0.348 e. The summed E-state index contributed by atoms with van der Waals surface area (Å²) in [5.41, 5.74) is 1.24. The molecule has 2 aromatic rings. The molecule has 2 fully saturated rings. The second-order valence-corrected chi connectivity index (χ2v) is 12.7. The molecule has 2 aliphatic rings. The zero-order valence-electron chi connectivity index (χ0n) is 18.5. The van der Waals surface area contributed by atoms with E-state index in [2.05, 4.69) is 0 Å². The van der Waals surface area contributed by atoms with E-state index < -0.39 is 42.7 Å². The number of benzene rings is 2. The summed E-state index contributed by atoms with van der Waals surface area (Å²) in [7, 11) is -2.66. The van der Waals surface area contributed by atoms with Gasteiger partial charge in [0.2, 0.25) is 0 Å². The van der Waals surface area contributed by atoms with E-state index in [1.807, 2.05) is 90.1 Å². The first-order valence-electron chi connectivity index (χ1n) is 10.3. The molecule has 6 heteroatoms. The Labute approximate surface area is 184 Å². The SMILES string of the molecule is Cc1ccc(S(=O)[C@]2(CC[C@@]3(S(=O)c4ccc(C)cc4)OC3(C)C)OC2(C)C)cc1. The van der Waals surface area contributed by atoms with Crippen molar-refractivity contribution in [3.8, 4) is 0 Å². The topological polar surface area (TPSA) is 59.2 Å². The van der Waals surface area contributed by atoms with Crippen LogP contribution in [0.5, 0.6) is 0 Å². The molecule has 2 unspecified atom stereocenters. The lowest BCUT2D eigenvalue weighted by atomic mass is 10.00. The summed E-state index contributed by atoms with van der Waals surface area (Å²) in [6, 6.07) is 15.5. The van der Waals surface area contributed by atoms with Crippen molar-refractivity contribution in [2.45, 2.75) is 85.2 Å². The maximum Gasteiger partial charge on any atom is 0.176 e. The first-order chi connectivity index (χ1) is 13.9. The van der Waals surface area contributed by atoms with E-state index in [0.29, 0.717) is 12.8 Å². The van der Waals surface area contributed by atoms with E-state index in [9.17, 15) is 8.42 Å². The summed E-state index contributed by atoms with van der Waals surface area (Å²) in [5, 5.41) is 0. The second kappa shape index (κ2) is 7.09. The largest absolute Gasteiger partial charge is 0.348 e. The lowest BCUT2D eigenvalue weighted by Crippen LogP contribution is -2.33. The minimum absolute atomic E-state index is 0.506. The van der Waals surface area contributed by atoms with Crippen LogP contribution < -0.4 is 0 Å². The van der Waals surface area contributed by atoms with Crippen LogP contribution in [0, 0.1) is 13.8 Å². The normalized spacial score (nSPS) is 30.5. The van der Waals surface area contributed by atoms with Gasteiger partial charge in [0.15, 0.2) is 9.87 Å². The van der Waals surface area contributed by atoms with Crippen molar-refractivity contribution in [2.24, 2.45) is 0 Å². The van der Waals surface area contributed by atoms with Gasteiger partial charge in [-0.1, -0.05) is 35.4 Å². The number of hydrogen-bond acceptors (Lipinski definition) is 4. The highest BCUT2D eigenvalue weighted by atomic mass is 32.2. The lowest BCUT2D eigenvalue weighted by Gasteiger charge is -2.20. The molecule has 0 saturated carbocycles. The first-order valence-corrected chi connectivity index (χ1v) is 12.6. The van der Waals surface area contributed by atoms with Crippen LogP contribution in [0.15, 0.2) is 58.3 Å². The summed E-state index contributed by atoms with van der Waals surface area (Å²) < 4.78 is 39.2. The molecule has 4 nitrogen and oxygen atoms in total. The molecule has 2 aromatic carbocycles. The first kappa shape index (κ1) is 21.9. The molecule has 0 amide bonds. The van der Waals surface area contributed by atoms with Gasteiger partial charge in [0.1, 0.15) is 11.2 Å². The van der Waals surface area contributed by atoms with E-state index in [1.54, 1.807) is 0 Å². The molecule has 162 valence electrons. The van der Waals surface area contributed by atoms with Gasteiger partial charge in [0, 0.05) is 9.79 Å². The van der Waals surface area contributed by atoms with Crippen molar-refractivity contribution in [3.05, 3.63) is 59.7 Å². The fraction of sp³-hybridized carbons (Fsp3) is 0.500. The Morgan fingerprint density at radius 2 is 0.900 bits per heavy atom. The molecule has 30 heavy (non-hydrogen) atoms. The Hall–Kier alpha value is -1.34. The quantitative estimate of drug-likeness (QED) is 0.561. The summed E-state index contributed by atoms with van der Waals surface area (Å²) in [4.78, 5) is -0.0736. The van der Waals surface area contributed by atoms with Crippen molar-refractivity contribution >= 4 is 21.6 Å². The average molecular weight is 447 g/mol. The monoisotopic (exact) mass is 446 g/mol. The van der Waals surface area contributed by atoms with Crippen LogP contribution in [0.25, 0.3) is 0 Å². The average Bonchev–Trinajstić information content (AvgIpc) is 3.48. The van der Waals surface area contributed by atoms with Crippen molar-refractivity contribution in [1.29, 1.82) is 0 Å². The maximum atomic E-state index is 13.5. The third kappa shape index (κ3) is 3.42. The molecule has 4 atom stereocenters.